The highest BCUT2D eigenvalue weighted by molar-refractivity contribution is 6.03. The first-order valence-electron chi connectivity index (χ1n) is 13.5. The average Bonchev–Trinajstić information content (AvgIpc) is 3.50. The van der Waals surface area contributed by atoms with Crippen LogP contribution < -0.4 is 26.6 Å². The zero-order valence-corrected chi connectivity index (χ0v) is 22.4. The number of amides is 1. The van der Waals surface area contributed by atoms with Crippen molar-refractivity contribution < 1.29 is 13.9 Å². The summed E-state index contributed by atoms with van der Waals surface area (Å²) in [5.41, 5.74) is 0.993. The van der Waals surface area contributed by atoms with Crippen LogP contribution in [-0.2, 0) is 13.0 Å². The molecular weight excluding hydrogens is 529 g/mol. The molecule has 4 aromatic rings. The number of pyridine rings is 1. The Morgan fingerprint density at radius 1 is 1.12 bits per heavy atom. The summed E-state index contributed by atoms with van der Waals surface area (Å²) in [6.07, 6.45) is 8.30. The van der Waals surface area contributed by atoms with Gasteiger partial charge in [0.05, 0.1) is 5.69 Å². The van der Waals surface area contributed by atoms with Crippen LogP contribution >= 0.6 is 0 Å². The van der Waals surface area contributed by atoms with Crippen molar-refractivity contribution >= 4 is 11.6 Å². The van der Waals surface area contributed by atoms with Gasteiger partial charge in [0.25, 0.3) is 11.5 Å². The normalized spacial score (nSPS) is 15.0. The van der Waals surface area contributed by atoms with E-state index in [9.17, 15) is 14.4 Å². The van der Waals surface area contributed by atoms with Gasteiger partial charge in [0.15, 0.2) is 11.6 Å². The van der Waals surface area contributed by atoms with Gasteiger partial charge in [-0.05, 0) is 56.5 Å². The van der Waals surface area contributed by atoms with Crippen LogP contribution in [0.1, 0.15) is 58.9 Å². The Labute approximate surface area is 234 Å². The highest BCUT2D eigenvalue weighted by Crippen LogP contribution is 2.30. The van der Waals surface area contributed by atoms with Gasteiger partial charge in [-0.1, -0.05) is 18.9 Å². The molecule has 41 heavy (non-hydrogen) atoms. The van der Waals surface area contributed by atoms with Crippen LogP contribution in [0, 0.1) is 12.7 Å². The molecule has 210 valence electrons. The van der Waals surface area contributed by atoms with Crippen LogP contribution in [-0.4, -0.2) is 36.5 Å². The Balaban J connectivity index is 1.30. The summed E-state index contributed by atoms with van der Waals surface area (Å²) in [6, 6.07) is 7.13. The SMILES string of the molecule is Cc1ccc(-n2c(=O)c(C(=O)Nc3ccc(Oc4ncnc5c4CCNC5)c(F)c3)cn(C3CCCC3)c2=O)nc1. The van der Waals surface area contributed by atoms with Crippen molar-refractivity contribution in [2.75, 3.05) is 11.9 Å². The van der Waals surface area contributed by atoms with Crippen LogP contribution in [0.25, 0.3) is 5.82 Å². The number of hydrogen-bond acceptors (Lipinski definition) is 8. The second-order valence-electron chi connectivity index (χ2n) is 10.2. The number of anilines is 1. The molecule has 0 atom stereocenters. The topological polar surface area (TPSA) is 133 Å². The van der Waals surface area contributed by atoms with Crippen LogP contribution in [0.4, 0.5) is 10.1 Å². The fourth-order valence-corrected chi connectivity index (χ4v) is 5.27. The Hall–Kier alpha value is -4.71. The molecule has 2 N–H and O–H groups in total. The number of ether oxygens (including phenoxy) is 1. The van der Waals surface area contributed by atoms with Crippen molar-refractivity contribution in [1.82, 2.24) is 29.4 Å². The highest BCUT2D eigenvalue weighted by atomic mass is 19.1. The summed E-state index contributed by atoms with van der Waals surface area (Å²) in [4.78, 5) is 52.9. The number of benzene rings is 1. The Morgan fingerprint density at radius 2 is 1.95 bits per heavy atom. The summed E-state index contributed by atoms with van der Waals surface area (Å²) in [5.74, 6) is -1.15. The number of fused-ring (bicyclic) bond motifs is 1. The number of nitrogens with zero attached hydrogens (tertiary/aromatic N) is 5. The molecule has 12 heteroatoms. The lowest BCUT2D eigenvalue weighted by molar-refractivity contribution is 0.102. The van der Waals surface area contributed by atoms with Gasteiger partial charge in [-0.2, -0.15) is 0 Å². The minimum Gasteiger partial charge on any atom is -0.436 e. The standard InChI is InChI=1S/C29H28FN7O4/c1-17-6-9-25(32-13-17)37-28(39)21(15-36(29(37)40)19-4-2-3-5-19)26(38)35-18-7-8-24(22(30)12-18)41-27-20-10-11-31-14-23(20)33-16-34-27/h6-9,12-13,15-16,19,31H,2-5,10-11,14H2,1H3,(H,35,38). The van der Waals surface area contributed by atoms with E-state index < -0.39 is 23.0 Å². The minimum atomic E-state index is -0.804. The predicted octanol–water partition coefficient (Wildman–Crippen LogP) is 3.44. The number of aromatic nitrogens is 5. The third-order valence-corrected chi connectivity index (χ3v) is 7.44. The number of nitrogens with one attached hydrogen (secondary N) is 2. The van der Waals surface area contributed by atoms with Crippen LogP contribution in [0.15, 0.2) is 58.6 Å². The van der Waals surface area contributed by atoms with Gasteiger partial charge in [0.1, 0.15) is 17.7 Å². The van der Waals surface area contributed by atoms with E-state index in [1.54, 1.807) is 18.3 Å². The zero-order chi connectivity index (χ0) is 28.5. The fraction of sp³-hybridized carbons (Fsp3) is 0.310. The Morgan fingerprint density at radius 3 is 2.71 bits per heavy atom. The van der Waals surface area contributed by atoms with Crippen molar-refractivity contribution in [3.8, 4) is 17.4 Å². The van der Waals surface area contributed by atoms with E-state index in [2.05, 4.69) is 25.6 Å². The fourth-order valence-electron chi connectivity index (χ4n) is 5.27. The first-order valence-corrected chi connectivity index (χ1v) is 13.5. The quantitative estimate of drug-likeness (QED) is 0.369. The summed E-state index contributed by atoms with van der Waals surface area (Å²) >= 11 is 0. The third-order valence-electron chi connectivity index (χ3n) is 7.44. The molecule has 0 unspecified atom stereocenters. The molecule has 1 saturated carbocycles. The smallest absolute Gasteiger partial charge is 0.337 e. The highest BCUT2D eigenvalue weighted by Gasteiger charge is 2.25. The summed E-state index contributed by atoms with van der Waals surface area (Å²) in [6.45, 7) is 3.16. The van der Waals surface area contributed by atoms with E-state index >= 15 is 4.39 Å². The van der Waals surface area contributed by atoms with E-state index in [1.165, 1.54) is 29.2 Å². The largest absolute Gasteiger partial charge is 0.436 e. The van der Waals surface area contributed by atoms with E-state index in [4.69, 9.17) is 4.74 Å². The third kappa shape index (κ3) is 5.25. The number of carbonyl (C=O) groups is 1. The first-order chi connectivity index (χ1) is 19.9. The predicted molar refractivity (Wildman–Crippen MR) is 148 cm³/mol. The molecule has 1 amide bonds. The number of halogens is 1. The van der Waals surface area contributed by atoms with Gasteiger partial charge in [0.2, 0.25) is 5.88 Å². The Bertz CT molecular complexity index is 1740. The summed E-state index contributed by atoms with van der Waals surface area (Å²) < 4.78 is 23.2. The maximum Gasteiger partial charge on any atom is 0.337 e. The summed E-state index contributed by atoms with van der Waals surface area (Å²) in [5, 5.41) is 5.81. The molecule has 1 aliphatic carbocycles. The second kappa shape index (κ2) is 11.0. The van der Waals surface area contributed by atoms with Crippen molar-refractivity contribution in [3.05, 3.63) is 98.1 Å². The van der Waals surface area contributed by atoms with Gasteiger partial charge in [-0.15, -0.1) is 0 Å². The van der Waals surface area contributed by atoms with Crippen LogP contribution in [0.2, 0.25) is 0 Å². The maximum atomic E-state index is 15.1. The van der Waals surface area contributed by atoms with Crippen molar-refractivity contribution in [2.45, 2.75) is 51.6 Å². The molecule has 0 radical (unpaired) electrons. The maximum absolute atomic E-state index is 15.1. The van der Waals surface area contributed by atoms with Gasteiger partial charge >= 0.3 is 5.69 Å². The molecule has 3 aromatic heterocycles. The molecule has 11 nitrogen and oxygen atoms in total. The molecule has 1 aromatic carbocycles. The van der Waals surface area contributed by atoms with E-state index in [0.717, 1.165) is 59.7 Å². The molecule has 0 bridgehead atoms. The number of carbonyl (C=O) groups excluding carboxylic acids is 1. The minimum absolute atomic E-state index is 0.0648. The number of hydrogen-bond donors (Lipinski definition) is 2. The molecule has 1 fully saturated rings. The Kier molecular flexibility index (Phi) is 7.14. The molecule has 1 aliphatic heterocycles. The zero-order valence-electron chi connectivity index (χ0n) is 22.4. The molecular formula is C29H28FN7O4. The lowest BCUT2D eigenvalue weighted by atomic mass is 10.1. The molecule has 4 heterocycles. The second-order valence-corrected chi connectivity index (χ2v) is 10.2. The number of rotatable bonds is 6. The molecule has 2 aliphatic rings. The van der Waals surface area contributed by atoms with Crippen molar-refractivity contribution in [1.29, 1.82) is 0 Å². The van der Waals surface area contributed by atoms with Crippen LogP contribution in [0.3, 0.4) is 0 Å². The van der Waals surface area contributed by atoms with Gasteiger partial charge in [-0.25, -0.2) is 28.7 Å². The van der Waals surface area contributed by atoms with E-state index in [0.29, 0.717) is 13.0 Å². The molecule has 0 spiro atoms. The van der Waals surface area contributed by atoms with Gasteiger partial charge < -0.3 is 15.4 Å². The van der Waals surface area contributed by atoms with Crippen molar-refractivity contribution in [2.24, 2.45) is 0 Å². The van der Waals surface area contributed by atoms with Gasteiger partial charge in [0, 0.05) is 42.3 Å². The average molecular weight is 558 g/mol. The first kappa shape index (κ1) is 26.5. The molecule has 6 rings (SSSR count). The van der Waals surface area contributed by atoms with Crippen molar-refractivity contribution in [3.63, 3.8) is 0 Å². The summed E-state index contributed by atoms with van der Waals surface area (Å²) in [7, 11) is 0. The van der Waals surface area contributed by atoms with Gasteiger partial charge in [-0.3, -0.25) is 14.2 Å². The lowest BCUT2D eigenvalue weighted by Crippen LogP contribution is -2.43. The van der Waals surface area contributed by atoms with E-state index in [1.807, 2.05) is 6.92 Å². The van der Waals surface area contributed by atoms with E-state index in [-0.39, 0.29) is 34.7 Å². The lowest BCUT2D eigenvalue weighted by Gasteiger charge is -2.18. The molecule has 0 saturated heterocycles. The monoisotopic (exact) mass is 557 g/mol. The van der Waals surface area contributed by atoms with Crippen LogP contribution in [0.5, 0.6) is 11.6 Å². The number of aryl methyl sites for hydroxylation is 1.